The third-order valence-electron chi connectivity index (χ3n) is 4.89. The third-order valence-corrected chi connectivity index (χ3v) is 5.68. The molecule has 27 heavy (non-hydrogen) atoms. The Labute approximate surface area is 167 Å². The number of nitrogens with zero attached hydrogens (tertiary/aromatic N) is 2. The summed E-state index contributed by atoms with van der Waals surface area (Å²) >= 11 is 1.63. The van der Waals surface area contributed by atoms with Crippen LogP contribution in [0.15, 0.2) is 29.2 Å². The van der Waals surface area contributed by atoms with Crippen LogP contribution in [0.1, 0.15) is 26.7 Å². The number of amides is 2. The summed E-state index contributed by atoms with van der Waals surface area (Å²) in [5.74, 6) is 0.150. The average molecular weight is 393 g/mol. The first-order valence-corrected chi connectivity index (χ1v) is 10.9. The monoisotopic (exact) mass is 392 g/mol. The number of nitrogens with one attached hydrogen (secondary N) is 2. The maximum atomic E-state index is 12.3. The van der Waals surface area contributed by atoms with E-state index >= 15 is 0 Å². The van der Waals surface area contributed by atoms with Gasteiger partial charge in [0.05, 0.1) is 12.2 Å². The number of hydrogen-bond acceptors (Lipinski definition) is 5. The summed E-state index contributed by atoms with van der Waals surface area (Å²) in [5, 5.41) is 6.02. The van der Waals surface area contributed by atoms with E-state index in [1.165, 1.54) is 0 Å². The van der Waals surface area contributed by atoms with Crippen molar-refractivity contribution in [1.29, 1.82) is 0 Å². The number of carbonyl (C=O) groups excluding carboxylic acids is 2. The lowest BCUT2D eigenvalue weighted by molar-refractivity contribution is -0.123. The largest absolute Gasteiger partial charge is 0.353 e. The van der Waals surface area contributed by atoms with Crippen LogP contribution in [0.5, 0.6) is 0 Å². The molecule has 1 atom stereocenters. The van der Waals surface area contributed by atoms with E-state index in [1.54, 1.807) is 11.8 Å². The summed E-state index contributed by atoms with van der Waals surface area (Å²) in [5.41, 5.74) is 0.882. The summed E-state index contributed by atoms with van der Waals surface area (Å²) in [6, 6.07) is 8.09. The van der Waals surface area contributed by atoms with Crippen molar-refractivity contribution in [2.45, 2.75) is 37.6 Å². The quantitative estimate of drug-likeness (QED) is 0.631. The molecule has 0 saturated carbocycles. The van der Waals surface area contributed by atoms with Gasteiger partial charge in [0.1, 0.15) is 0 Å². The molecule has 1 fully saturated rings. The van der Waals surface area contributed by atoms with E-state index in [9.17, 15) is 9.59 Å². The molecule has 1 heterocycles. The van der Waals surface area contributed by atoms with E-state index in [-0.39, 0.29) is 17.9 Å². The SMILES string of the molecule is CCC(C)NC(=O)CN1CCN(CCC(=O)Nc2ccccc2SC)CC1. The second-order valence-corrected chi connectivity index (χ2v) is 7.84. The predicted molar refractivity (Wildman–Crippen MR) is 112 cm³/mol. The zero-order valence-electron chi connectivity index (χ0n) is 16.7. The van der Waals surface area contributed by atoms with Crippen molar-refractivity contribution >= 4 is 29.3 Å². The van der Waals surface area contributed by atoms with E-state index in [4.69, 9.17) is 0 Å². The molecule has 6 nitrogen and oxygen atoms in total. The lowest BCUT2D eigenvalue weighted by atomic mass is 10.2. The smallest absolute Gasteiger partial charge is 0.234 e. The van der Waals surface area contributed by atoms with Crippen LogP contribution in [0.2, 0.25) is 0 Å². The van der Waals surface area contributed by atoms with Gasteiger partial charge in [-0.15, -0.1) is 11.8 Å². The summed E-state index contributed by atoms with van der Waals surface area (Å²) in [6.07, 6.45) is 3.44. The predicted octanol–water partition coefficient (Wildman–Crippen LogP) is 2.27. The molecule has 1 aromatic rings. The number of carbonyl (C=O) groups is 2. The minimum atomic E-state index is 0.0480. The van der Waals surface area contributed by atoms with Gasteiger partial charge in [0.2, 0.25) is 11.8 Å². The second-order valence-electron chi connectivity index (χ2n) is 6.99. The van der Waals surface area contributed by atoms with Crippen molar-refractivity contribution in [3.63, 3.8) is 0 Å². The van der Waals surface area contributed by atoms with Crippen LogP contribution in [0.25, 0.3) is 0 Å². The molecule has 2 N–H and O–H groups in total. The Kier molecular flexibility index (Phi) is 9.10. The van der Waals surface area contributed by atoms with Crippen molar-refractivity contribution in [2.75, 3.05) is 50.8 Å². The van der Waals surface area contributed by atoms with Gasteiger partial charge in [-0.1, -0.05) is 19.1 Å². The van der Waals surface area contributed by atoms with Crippen LogP contribution in [0.3, 0.4) is 0 Å². The molecule has 0 aromatic heterocycles. The number of anilines is 1. The topological polar surface area (TPSA) is 64.7 Å². The standard InChI is InChI=1S/C20H32N4O2S/c1-4-16(2)21-20(26)15-24-13-11-23(12-14-24)10-9-19(25)22-17-7-5-6-8-18(17)27-3/h5-8,16H,4,9-15H2,1-3H3,(H,21,26)(H,22,25). The van der Waals surface area contributed by atoms with E-state index < -0.39 is 0 Å². The van der Waals surface area contributed by atoms with Crippen molar-refractivity contribution < 1.29 is 9.59 Å². The Bertz CT molecular complexity index is 618. The molecule has 0 spiro atoms. The van der Waals surface area contributed by atoms with Crippen LogP contribution in [0.4, 0.5) is 5.69 Å². The van der Waals surface area contributed by atoms with Crippen molar-refractivity contribution in [3.05, 3.63) is 24.3 Å². The van der Waals surface area contributed by atoms with Crippen LogP contribution in [-0.2, 0) is 9.59 Å². The van der Waals surface area contributed by atoms with E-state index in [0.717, 1.165) is 49.7 Å². The van der Waals surface area contributed by atoms with Crippen LogP contribution < -0.4 is 10.6 Å². The molecule has 7 heteroatoms. The van der Waals surface area contributed by atoms with Crippen LogP contribution >= 0.6 is 11.8 Å². The Morgan fingerprint density at radius 3 is 2.44 bits per heavy atom. The molecule has 0 bridgehead atoms. The highest BCUT2D eigenvalue weighted by molar-refractivity contribution is 7.98. The minimum absolute atomic E-state index is 0.0480. The van der Waals surface area contributed by atoms with Gasteiger partial charge in [-0.3, -0.25) is 14.5 Å². The summed E-state index contributed by atoms with van der Waals surface area (Å²) < 4.78 is 0. The van der Waals surface area contributed by atoms with Crippen molar-refractivity contribution in [1.82, 2.24) is 15.1 Å². The van der Waals surface area contributed by atoms with Gasteiger partial charge in [-0.05, 0) is 31.7 Å². The Hall–Kier alpha value is -1.57. The van der Waals surface area contributed by atoms with Gasteiger partial charge in [0.15, 0.2) is 0 Å². The first-order valence-electron chi connectivity index (χ1n) is 9.68. The number of piperazine rings is 1. The van der Waals surface area contributed by atoms with Crippen LogP contribution in [0, 0.1) is 0 Å². The zero-order chi connectivity index (χ0) is 19.6. The van der Waals surface area contributed by atoms with Crippen molar-refractivity contribution in [3.8, 4) is 0 Å². The van der Waals surface area contributed by atoms with Gasteiger partial charge in [-0.25, -0.2) is 0 Å². The summed E-state index contributed by atoms with van der Waals surface area (Å²) in [7, 11) is 0. The zero-order valence-corrected chi connectivity index (χ0v) is 17.5. The fourth-order valence-electron chi connectivity index (χ4n) is 3.02. The first-order chi connectivity index (χ1) is 13.0. The number of rotatable bonds is 9. The normalized spacial score (nSPS) is 16.7. The molecule has 2 rings (SSSR count). The second kappa shape index (κ2) is 11.3. The average Bonchev–Trinajstić information content (AvgIpc) is 2.67. The Balaban J connectivity index is 1.67. The number of thioether (sulfide) groups is 1. The molecule has 1 saturated heterocycles. The molecule has 2 amide bonds. The van der Waals surface area contributed by atoms with Gasteiger partial charge >= 0.3 is 0 Å². The molecular weight excluding hydrogens is 360 g/mol. The van der Waals surface area contributed by atoms with E-state index in [0.29, 0.717) is 13.0 Å². The highest BCUT2D eigenvalue weighted by Crippen LogP contribution is 2.24. The highest BCUT2D eigenvalue weighted by atomic mass is 32.2. The molecule has 0 radical (unpaired) electrons. The first kappa shape index (κ1) is 21.7. The number of hydrogen-bond donors (Lipinski definition) is 2. The fraction of sp³-hybridized carbons (Fsp3) is 0.600. The summed E-state index contributed by atoms with van der Waals surface area (Å²) in [4.78, 5) is 29.8. The third kappa shape index (κ3) is 7.52. The van der Waals surface area contributed by atoms with Gasteiger partial charge in [0.25, 0.3) is 0 Å². The van der Waals surface area contributed by atoms with E-state index in [1.807, 2.05) is 37.4 Å². The van der Waals surface area contributed by atoms with E-state index in [2.05, 4.69) is 27.4 Å². The number of para-hydroxylation sites is 1. The lowest BCUT2D eigenvalue weighted by Crippen LogP contribution is -2.50. The molecule has 1 aliphatic heterocycles. The summed E-state index contributed by atoms with van der Waals surface area (Å²) in [6.45, 7) is 8.83. The van der Waals surface area contributed by atoms with Crippen molar-refractivity contribution in [2.24, 2.45) is 0 Å². The molecule has 0 aliphatic carbocycles. The fourth-order valence-corrected chi connectivity index (χ4v) is 3.57. The van der Waals surface area contributed by atoms with Gasteiger partial charge in [-0.2, -0.15) is 0 Å². The minimum Gasteiger partial charge on any atom is -0.353 e. The Morgan fingerprint density at radius 2 is 1.78 bits per heavy atom. The molecule has 1 unspecified atom stereocenters. The maximum absolute atomic E-state index is 12.3. The Morgan fingerprint density at radius 1 is 1.11 bits per heavy atom. The van der Waals surface area contributed by atoms with Gasteiger partial charge < -0.3 is 15.5 Å². The molecular formula is C20H32N4O2S. The van der Waals surface area contributed by atoms with Gasteiger partial charge in [0, 0.05) is 50.1 Å². The molecule has 150 valence electrons. The lowest BCUT2D eigenvalue weighted by Gasteiger charge is -2.34. The molecule has 1 aromatic carbocycles. The maximum Gasteiger partial charge on any atom is 0.234 e. The molecule has 1 aliphatic rings. The number of benzene rings is 1. The van der Waals surface area contributed by atoms with Crippen LogP contribution in [-0.4, -0.2) is 73.2 Å². The highest BCUT2D eigenvalue weighted by Gasteiger charge is 2.20.